The van der Waals surface area contributed by atoms with Crippen LogP contribution in [0, 0.1) is 0 Å². The number of halogens is 3. The number of anilines is 1. The number of alkyl halides is 3. The van der Waals surface area contributed by atoms with Crippen LogP contribution in [0.5, 0.6) is 5.75 Å². The minimum Gasteiger partial charge on any atom is -0.406 e. The molecule has 0 spiro atoms. The van der Waals surface area contributed by atoms with Crippen molar-refractivity contribution in [2.45, 2.75) is 24.8 Å². The highest BCUT2D eigenvalue weighted by Gasteiger charge is 2.37. The first kappa shape index (κ1) is 19.1. The van der Waals surface area contributed by atoms with Crippen LogP contribution in [0.15, 0.2) is 36.7 Å². The van der Waals surface area contributed by atoms with Crippen molar-refractivity contribution >= 4 is 12.2 Å². The molecule has 1 saturated heterocycles. The van der Waals surface area contributed by atoms with Crippen molar-refractivity contribution in [3.63, 3.8) is 0 Å². The third kappa shape index (κ3) is 4.36. The maximum absolute atomic E-state index is 12.3. The number of carbonyl (C=O) groups is 1. The lowest BCUT2D eigenvalue weighted by Gasteiger charge is -2.41. The Balaban J connectivity index is 1.71. The first-order valence-corrected chi connectivity index (χ1v) is 8.29. The SMILES string of the molecule is COC1(c2ccc(OC(F)(F)F)cc2)CCN(c2ncc(C=O)cn2)CC1. The van der Waals surface area contributed by atoms with Crippen molar-refractivity contribution in [1.29, 1.82) is 0 Å². The van der Waals surface area contributed by atoms with E-state index in [0.717, 1.165) is 5.56 Å². The van der Waals surface area contributed by atoms with Gasteiger partial charge in [-0.2, -0.15) is 0 Å². The molecule has 1 aliphatic heterocycles. The van der Waals surface area contributed by atoms with E-state index in [1.165, 1.54) is 24.5 Å². The first-order valence-electron chi connectivity index (χ1n) is 8.29. The molecule has 1 aromatic heterocycles. The summed E-state index contributed by atoms with van der Waals surface area (Å²) >= 11 is 0. The molecular formula is C18H18F3N3O3. The summed E-state index contributed by atoms with van der Waals surface area (Å²) in [5.74, 6) is 0.262. The van der Waals surface area contributed by atoms with Gasteiger partial charge in [-0.25, -0.2) is 9.97 Å². The van der Waals surface area contributed by atoms with E-state index in [0.29, 0.717) is 43.7 Å². The molecule has 144 valence electrons. The first-order chi connectivity index (χ1) is 12.8. The summed E-state index contributed by atoms with van der Waals surface area (Å²) in [6.07, 6.45) is 0.122. The number of benzene rings is 1. The van der Waals surface area contributed by atoms with Crippen molar-refractivity contribution in [1.82, 2.24) is 9.97 Å². The Labute approximate surface area is 153 Å². The Morgan fingerprint density at radius 1 is 1.11 bits per heavy atom. The van der Waals surface area contributed by atoms with Gasteiger partial charge in [-0.15, -0.1) is 13.2 Å². The molecule has 9 heteroatoms. The third-order valence-electron chi connectivity index (χ3n) is 4.65. The summed E-state index contributed by atoms with van der Waals surface area (Å²) in [6, 6.07) is 5.76. The molecule has 6 nitrogen and oxygen atoms in total. The maximum atomic E-state index is 12.3. The van der Waals surface area contributed by atoms with Crippen molar-refractivity contribution in [3.05, 3.63) is 47.8 Å². The quantitative estimate of drug-likeness (QED) is 0.741. The van der Waals surface area contributed by atoms with E-state index >= 15 is 0 Å². The van der Waals surface area contributed by atoms with Gasteiger partial charge < -0.3 is 14.4 Å². The fourth-order valence-electron chi connectivity index (χ4n) is 3.19. The summed E-state index contributed by atoms with van der Waals surface area (Å²) in [5, 5.41) is 0. The smallest absolute Gasteiger partial charge is 0.406 e. The van der Waals surface area contributed by atoms with Gasteiger partial charge in [0.1, 0.15) is 5.75 Å². The van der Waals surface area contributed by atoms with Crippen LogP contribution in [0.1, 0.15) is 28.8 Å². The van der Waals surface area contributed by atoms with Gasteiger partial charge in [0, 0.05) is 32.6 Å². The molecule has 1 aromatic carbocycles. The van der Waals surface area contributed by atoms with E-state index in [1.54, 1.807) is 19.2 Å². The zero-order chi connectivity index (χ0) is 19.5. The lowest BCUT2D eigenvalue weighted by molar-refractivity contribution is -0.274. The van der Waals surface area contributed by atoms with E-state index in [-0.39, 0.29) is 5.75 Å². The highest BCUT2D eigenvalue weighted by atomic mass is 19.4. The minimum absolute atomic E-state index is 0.265. The molecule has 2 aromatic rings. The van der Waals surface area contributed by atoms with Gasteiger partial charge in [-0.1, -0.05) is 12.1 Å². The van der Waals surface area contributed by atoms with Crippen LogP contribution >= 0.6 is 0 Å². The van der Waals surface area contributed by atoms with Crippen molar-refractivity contribution in [2.24, 2.45) is 0 Å². The predicted molar refractivity (Wildman–Crippen MR) is 90.7 cm³/mol. The van der Waals surface area contributed by atoms with Crippen LogP contribution in [0.2, 0.25) is 0 Å². The highest BCUT2D eigenvalue weighted by Crippen LogP contribution is 2.38. The molecule has 0 radical (unpaired) electrons. The van der Waals surface area contributed by atoms with Crippen LogP contribution < -0.4 is 9.64 Å². The minimum atomic E-state index is -4.72. The zero-order valence-corrected chi connectivity index (χ0v) is 14.6. The van der Waals surface area contributed by atoms with Gasteiger partial charge in [0.05, 0.1) is 11.2 Å². The average Bonchev–Trinajstić information content (AvgIpc) is 2.67. The molecule has 27 heavy (non-hydrogen) atoms. The fraction of sp³-hybridized carbons (Fsp3) is 0.389. The van der Waals surface area contributed by atoms with Gasteiger partial charge >= 0.3 is 6.36 Å². The van der Waals surface area contributed by atoms with Gasteiger partial charge in [0.15, 0.2) is 6.29 Å². The highest BCUT2D eigenvalue weighted by molar-refractivity contribution is 5.73. The number of aldehydes is 1. The molecule has 0 bridgehead atoms. The molecule has 2 heterocycles. The Hall–Kier alpha value is -2.68. The summed E-state index contributed by atoms with van der Waals surface area (Å²) in [5.41, 5.74) is 0.593. The van der Waals surface area contributed by atoms with Gasteiger partial charge in [-0.05, 0) is 30.5 Å². The Morgan fingerprint density at radius 3 is 2.19 bits per heavy atom. The van der Waals surface area contributed by atoms with E-state index in [2.05, 4.69) is 14.7 Å². The number of carbonyl (C=O) groups excluding carboxylic acids is 1. The van der Waals surface area contributed by atoms with E-state index in [4.69, 9.17) is 4.74 Å². The second-order valence-electron chi connectivity index (χ2n) is 6.19. The fourth-order valence-corrected chi connectivity index (χ4v) is 3.19. The van der Waals surface area contributed by atoms with Crippen molar-refractivity contribution < 1.29 is 27.4 Å². The molecule has 0 unspecified atom stereocenters. The van der Waals surface area contributed by atoms with E-state index < -0.39 is 12.0 Å². The Morgan fingerprint density at radius 2 is 1.70 bits per heavy atom. The van der Waals surface area contributed by atoms with Gasteiger partial charge in [0.2, 0.25) is 5.95 Å². The number of hydrogen-bond acceptors (Lipinski definition) is 6. The number of hydrogen-bond donors (Lipinski definition) is 0. The average molecular weight is 381 g/mol. The Kier molecular flexibility index (Phi) is 5.31. The molecule has 1 fully saturated rings. The molecule has 0 saturated carbocycles. The normalized spacial score (nSPS) is 16.8. The van der Waals surface area contributed by atoms with Crippen LogP contribution in [0.4, 0.5) is 19.1 Å². The monoisotopic (exact) mass is 381 g/mol. The van der Waals surface area contributed by atoms with E-state index in [9.17, 15) is 18.0 Å². The van der Waals surface area contributed by atoms with E-state index in [1.807, 2.05) is 4.90 Å². The van der Waals surface area contributed by atoms with Crippen molar-refractivity contribution in [3.8, 4) is 5.75 Å². The molecule has 0 N–H and O–H groups in total. The largest absolute Gasteiger partial charge is 0.573 e. The third-order valence-corrected chi connectivity index (χ3v) is 4.65. The van der Waals surface area contributed by atoms with Gasteiger partial charge in [-0.3, -0.25) is 4.79 Å². The maximum Gasteiger partial charge on any atom is 0.573 e. The Bertz CT molecular complexity index is 771. The summed E-state index contributed by atoms with van der Waals surface area (Å²) < 4.78 is 46.6. The van der Waals surface area contributed by atoms with Crippen LogP contribution in [0.3, 0.4) is 0 Å². The molecule has 0 amide bonds. The molecule has 0 atom stereocenters. The molecule has 3 rings (SSSR count). The lowest BCUT2D eigenvalue weighted by Crippen LogP contribution is -2.44. The predicted octanol–water partition coefficient (Wildman–Crippen LogP) is 3.33. The molecule has 0 aliphatic carbocycles. The van der Waals surface area contributed by atoms with Crippen LogP contribution in [-0.2, 0) is 10.3 Å². The number of piperidine rings is 1. The number of nitrogens with zero attached hydrogens (tertiary/aromatic N) is 3. The number of ether oxygens (including phenoxy) is 2. The number of aromatic nitrogens is 2. The van der Waals surface area contributed by atoms with Gasteiger partial charge in [0.25, 0.3) is 0 Å². The second kappa shape index (κ2) is 7.51. The standard InChI is InChI=1S/C18H18F3N3O3/c1-26-17(14-2-4-15(5-3-14)27-18(19,20)21)6-8-24(9-7-17)16-22-10-13(12-25)11-23-16/h2-5,10-12H,6-9H2,1H3. The molecular weight excluding hydrogens is 363 g/mol. The summed E-state index contributed by atoms with van der Waals surface area (Å²) in [7, 11) is 1.59. The number of methoxy groups -OCH3 is 1. The second-order valence-corrected chi connectivity index (χ2v) is 6.19. The topological polar surface area (TPSA) is 64.6 Å². The number of rotatable bonds is 5. The van der Waals surface area contributed by atoms with Crippen molar-refractivity contribution in [2.75, 3.05) is 25.1 Å². The molecule has 1 aliphatic rings. The lowest BCUT2D eigenvalue weighted by atomic mass is 9.84. The zero-order valence-electron chi connectivity index (χ0n) is 14.6. The van der Waals surface area contributed by atoms with Crippen LogP contribution in [0.25, 0.3) is 0 Å². The summed E-state index contributed by atoms with van der Waals surface area (Å²) in [4.78, 5) is 21.0. The van der Waals surface area contributed by atoms with Crippen LogP contribution in [-0.4, -0.2) is 42.8 Å². The summed E-state index contributed by atoms with van der Waals surface area (Å²) in [6.45, 7) is 1.21.